The SMILES string of the molecule is COc1ccc(O[C@H]2C=C[C@@H](c3ccccc3)O[C@@H]2CO/N=C2/[C@H]3CCn4c(=O)n(-c5ccccc5)c(=O)n4[C@H]3C(O)[C@@H]3O[C@H]23)cc1. The van der Waals surface area contributed by atoms with Gasteiger partial charge in [0, 0.05) is 12.5 Å². The van der Waals surface area contributed by atoms with E-state index in [-0.39, 0.29) is 25.2 Å². The Kier molecular flexibility index (Phi) is 7.55. The summed E-state index contributed by atoms with van der Waals surface area (Å²) >= 11 is 0. The lowest BCUT2D eigenvalue weighted by Crippen LogP contribution is -2.53. The first kappa shape index (κ1) is 29.5. The van der Waals surface area contributed by atoms with Crippen LogP contribution in [0.15, 0.2) is 112 Å². The summed E-state index contributed by atoms with van der Waals surface area (Å²) in [5.41, 5.74) is 1.13. The van der Waals surface area contributed by atoms with E-state index in [4.69, 9.17) is 23.8 Å². The maximum absolute atomic E-state index is 13.7. The molecule has 8 rings (SSSR count). The molecular weight excluding hydrogens is 604 g/mol. The van der Waals surface area contributed by atoms with E-state index in [2.05, 4.69) is 5.16 Å². The monoisotopic (exact) mass is 638 g/mol. The van der Waals surface area contributed by atoms with Crippen LogP contribution in [0, 0.1) is 5.92 Å². The summed E-state index contributed by atoms with van der Waals surface area (Å²) in [4.78, 5) is 33.1. The molecule has 12 nitrogen and oxygen atoms in total. The highest BCUT2D eigenvalue weighted by atomic mass is 16.7. The van der Waals surface area contributed by atoms with E-state index in [1.807, 2.05) is 72.8 Å². The van der Waals surface area contributed by atoms with Crippen molar-refractivity contribution in [1.82, 2.24) is 13.9 Å². The Labute approximate surface area is 269 Å². The number of epoxide rings is 1. The van der Waals surface area contributed by atoms with E-state index < -0.39 is 47.9 Å². The largest absolute Gasteiger partial charge is 0.497 e. The molecule has 1 unspecified atom stereocenters. The number of ether oxygens (including phenoxy) is 4. The van der Waals surface area contributed by atoms with Crippen molar-refractivity contribution in [2.75, 3.05) is 13.7 Å². The lowest BCUT2D eigenvalue weighted by atomic mass is 9.78. The number of oxime groups is 1. The highest BCUT2D eigenvalue weighted by molar-refractivity contribution is 5.94. The van der Waals surface area contributed by atoms with Crippen LogP contribution in [-0.4, -0.2) is 69.0 Å². The average Bonchev–Trinajstić information content (AvgIpc) is 3.88. The maximum Gasteiger partial charge on any atom is 0.352 e. The fourth-order valence-corrected chi connectivity index (χ4v) is 6.96. The maximum atomic E-state index is 13.7. The average molecular weight is 639 g/mol. The Bertz CT molecular complexity index is 1920. The minimum Gasteiger partial charge on any atom is -0.497 e. The van der Waals surface area contributed by atoms with Crippen molar-refractivity contribution < 1.29 is 28.9 Å². The lowest BCUT2D eigenvalue weighted by molar-refractivity contribution is -0.0882. The van der Waals surface area contributed by atoms with Gasteiger partial charge >= 0.3 is 11.4 Å². The molecule has 1 aromatic heterocycles. The first-order valence-corrected chi connectivity index (χ1v) is 15.7. The second-order valence-electron chi connectivity index (χ2n) is 12.1. The molecule has 3 aliphatic heterocycles. The molecular formula is C35H34N4O8. The number of aliphatic hydroxyl groups is 1. The number of para-hydroxylation sites is 1. The number of fused-ring (bicyclic) bond motifs is 4. The van der Waals surface area contributed by atoms with Crippen LogP contribution in [0.25, 0.3) is 5.69 Å². The Morgan fingerprint density at radius 1 is 0.894 bits per heavy atom. The first-order chi connectivity index (χ1) is 23.0. The van der Waals surface area contributed by atoms with Crippen LogP contribution in [0.2, 0.25) is 0 Å². The van der Waals surface area contributed by atoms with Crippen molar-refractivity contribution >= 4 is 5.71 Å². The van der Waals surface area contributed by atoms with Crippen molar-refractivity contribution in [2.24, 2.45) is 11.1 Å². The Balaban J connectivity index is 1.05. The lowest BCUT2D eigenvalue weighted by Gasteiger charge is -2.38. The molecule has 1 N–H and O–H groups in total. The Morgan fingerprint density at radius 2 is 1.62 bits per heavy atom. The second-order valence-corrected chi connectivity index (χ2v) is 12.1. The van der Waals surface area contributed by atoms with E-state index in [0.29, 0.717) is 23.6 Å². The number of benzene rings is 3. The highest BCUT2D eigenvalue weighted by Crippen LogP contribution is 2.46. The molecule has 4 heterocycles. The van der Waals surface area contributed by atoms with Crippen LogP contribution in [0.1, 0.15) is 24.1 Å². The molecule has 0 bridgehead atoms. The van der Waals surface area contributed by atoms with Crippen LogP contribution >= 0.6 is 0 Å². The fourth-order valence-electron chi connectivity index (χ4n) is 6.96. The zero-order valence-corrected chi connectivity index (χ0v) is 25.6. The Hall–Kier alpha value is -4.91. The predicted octanol–water partition coefficient (Wildman–Crippen LogP) is 3.03. The summed E-state index contributed by atoms with van der Waals surface area (Å²) in [6.07, 6.45) is 1.20. The van der Waals surface area contributed by atoms with E-state index in [9.17, 15) is 14.7 Å². The number of hydrogen-bond acceptors (Lipinski definition) is 9. The smallest absolute Gasteiger partial charge is 0.352 e. The van der Waals surface area contributed by atoms with Gasteiger partial charge in [-0.1, -0.05) is 59.8 Å². The van der Waals surface area contributed by atoms with Crippen molar-refractivity contribution in [2.45, 2.75) is 55.6 Å². The number of aromatic nitrogens is 3. The van der Waals surface area contributed by atoms with Crippen LogP contribution in [0.5, 0.6) is 11.5 Å². The van der Waals surface area contributed by atoms with Crippen LogP contribution in [-0.2, 0) is 20.9 Å². The molecule has 4 aromatic rings. The van der Waals surface area contributed by atoms with Crippen molar-refractivity contribution in [3.63, 3.8) is 0 Å². The van der Waals surface area contributed by atoms with Gasteiger partial charge in [0.25, 0.3) is 0 Å². The van der Waals surface area contributed by atoms with E-state index in [1.54, 1.807) is 31.4 Å². The summed E-state index contributed by atoms with van der Waals surface area (Å²) in [7, 11) is 1.61. The quantitative estimate of drug-likeness (QED) is 0.177. The van der Waals surface area contributed by atoms with Crippen LogP contribution in [0.3, 0.4) is 0 Å². The van der Waals surface area contributed by atoms with Gasteiger partial charge in [-0.25, -0.2) is 23.5 Å². The minimum absolute atomic E-state index is 0.0738. The van der Waals surface area contributed by atoms with Gasteiger partial charge in [0.15, 0.2) is 0 Å². The third kappa shape index (κ3) is 5.28. The summed E-state index contributed by atoms with van der Waals surface area (Å²) in [6, 6.07) is 25.3. The molecule has 1 aliphatic carbocycles. The van der Waals surface area contributed by atoms with Crippen LogP contribution < -0.4 is 20.9 Å². The number of methoxy groups -OCH3 is 1. The first-order valence-electron chi connectivity index (χ1n) is 15.7. The molecule has 1 saturated carbocycles. The summed E-state index contributed by atoms with van der Waals surface area (Å²) < 4.78 is 27.8. The van der Waals surface area contributed by atoms with Gasteiger partial charge < -0.3 is 28.9 Å². The summed E-state index contributed by atoms with van der Waals surface area (Å²) in [5, 5.41) is 15.9. The predicted molar refractivity (Wildman–Crippen MR) is 170 cm³/mol. The molecule has 4 aliphatic rings. The standard InChI is InChI=1S/C35H34N4O8/c1-43-23-12-14-24(15-13-23)45-27-17-16-26(21-8-4-2-5-9-21)46-28(27)20-44-36-29-25-18-19-37-34(41)38(22-10-6-3-7-11-22)35(42)39(37)30(25)31(40)33-32(29)47-33/h2-17,25-28,30-33,40H,18-20H2,1H3/b36-29-/t25-,26+,27+,28-,30-,31?,32-,33+/m1/s1. The van der Waals surface area contributed by atoms with Gasteiger partial charge in [-0.3, -0.25) is 0 Å². The molecule has 242 valence electrons. The molecule has 47 heavy (non-hydrogen) atoms. The number of hydrogen-bond donors (Lipinski definition) is 1. The van der Waals surface area contributed by atoms with Crippen molar-refractivity contribution in [3.8, 4) is 17.2 Å². The Morgan fingerprint density at radius 3 is 2.36 bits per heavy atom. The topological polar surface area (TPSA) is 131 Å². The van der Waals surface area contributed by atoms with Crippen molar-refractivity contribution in [1.29, 1.82) is 0 Å². The van der Waals surface area contributed by atoms with E-state index in [0.717, 1.165) is 15.9 Å². The molecule has 1 saturated heterocycles. The number of nitrogens with zero attached hydrogens (tertiary/aromatic N) is 4. The normalized spacial score (nSPS) is 29.8. The molecule has 0 spiro atoms. The molecule has 8 atom stereocenters. The van der Waals surface area contributed by atoms with Crippen molar-refractivity contribution in [3.05, 3.63) is 124 Å². The van der Waals surface area contributed by atoms with E-state index >= 15 is 0 Å². The van der Waals surface area contributed by atoms with Crippen LogP contribution in [0.4, 0.5) is 0 Å². The van der Waals surface area contributed by atoms with Gasteiger partial charge in [0.05, 0.1) is 24.6 Å². The molecule has 12 heteroatoms. The summed E-state index contributed by atoms with van der Waals surface area (Å²) in [6.45, 7) is 0.357. The van der Waals surface area contributed by atoms with Gasteiger partial charge in [0.2, 0.25) is 0 Å². The van der Waals surface area contributed by atoms with E-state index in [1.165, 1.54) is 9.36 Å². The third-order valence-electron chi connectivity index (χ3n) is 9.34. The second kappa shape index (κ2) is 12.0. The zero-order valence-electron chi connectivity index (χ0n) is 25.6. The third-order valence-corrected chi connectivity index (χ3v) is 9.34. The van der Waals surface area contributed by atoms with Gasteiger partial charge in [-0.2, -0.15) is 0 Å². The van der Waals surface area contributed by atoms with Gasteiger partial charge in [-0.15, -0.1) is 0 Å². The summed E-state index contributed by atoms with van der Waals surface area (Å²) in [5.74, 6) is 1.01. The zero-order chi connectivity index (χ0) is 32.1. The van der Waals surface area contributed by atoms with Gasteiger partial charge in [-0.05, 0) is 54.5 Å². The number of aliphatic hydroxyl groups excluding tert-OH is 1. The molecule has 0 radical (unpaired) electrons. The highest BCUT2D eigenvalue weighted by Gasteiger charge is 2.61. The number of rotatable bonds is 8. The molecule has 0 amide bonds. The fraction of sp³-hybridized carbons (Fsp3) is 0.343. The minimum atomic E-state index is -0.986. The van der Waals surface area contributed by atoms with Gasteiger partial charge in [0.1, 0.15) is 54.7 Å². The molecule has 2 fully saturated rings. The molecule has 3 aromatic carbocycles.